The van der Waals surface area contributed by atoms with Crippen LogP contribution in [-0.4, -0.2) is 36.2 Å². The molecule has 0 aliphatic heterocycles. The molecule has 0 heterocycles. The van der Waals surface area contributed by atoms with Gasteiger partial charge in [-0.05, 0) is 12.8 Å². The Morgan fingerprint density at radius 1 is 1.64 bits per heavy atom. The van der Waals surface area contributed by atoms with Crippen LogP contribution < -0.4 is 16.8 Å². The second kappa shape index (κ2) is 7.14. The topological polar surface area (TPSA) is 114 Å². The monoisotopic (exact) mass is 202 g/mol. The average Bonchev–Trinajstić information content (AvgIpc) is 2.14. The quantitative estimate of drug-likeness (QED) is 0.329. The summed E-state index contributed by atoms with van der Waals surface area (Å²) < 4.78 is 0. The number of nitrogens with one attached hydrogen (secondary N) is 1. The van der Waals surface area contributed by atoms with Gasteiger partial charge in [-0.1, -0.05) is 6.92 Å². The molecule has 6 N–H and O–H groups in total. The largest absolute Gasteiger partial charge is 0.480 e. The summed E-state index contributed by atoms with van der Waals surface area (Å²) in [5, 5.41) is 11.3. The first kappa shape index (κ1) is 12.7. The number of aliphatic imine (C=N–C) groups is 1. The highest BCUT2D eigenvalue weighted by molar-refractivity contribution is 5.77. The van der Waals surface area contributed by atoms with Crippen LogP contribution in [0.5, 0.6) is 0 Å². The average molecular weight is 202 g/mol. The predicted octanol–water partition coefficient (Wildman–Crippen LogP) is -0.897. The second-order valence-corrected chi connectivity index (χ2v) is 2.93. The Morgan fingerprint density at radius 2 is 2.29 bits per heavy atom. The molecule has 0 aromatic heterocycles. The zero-order valence-electron chi connectivity index (χ0n) is 8.36. The highest BCUT2D eigenvalue weighted by Gasteiger charge is 2.09. The van der Waals surface area contributed by atoms with E-state index in [0.29, 0.717) is 18.9 Å². The molecular weight excluding hydrogens is 184 g/mol. The molecule has 0 amide bonds. The highest BCUT2D eigenvalue weighted by Crippen LogP contribution is 1.88. The van der Waals surface area contributed by atoms with E-state index in [1.165, 1.54) is 0 Å². The van der Waals surface area contributed by atoms with E-state index in [4.69, 9.17) is 16.6 Å². The van der Waals surface area contributed by atoms with Crippen LogP contribution in [0, 0.1) is 0 Å². The van der Waals surface area contributed by atoms with Gasteiger partial charge < -0.3 is 21.9 Å². The van der Waals surface area contributed by atoms with E-state index in [-0.39, 0.29) is 0 Å². The highest BCUT2D eigenvalue weighted by atomic mass is 16.4. The van der Waals surface area contributed by atoms with E-state index in [2.05, 4.69) is 10.3 Å². The smallest absolute Gasteiger partial charge is 0.320 e. The van der Waals surface area contributed by atoms with Gasteiger partial charge in [0.1, 0.15) is 6.04 Å². The van der Waals surface area contributed by atoms with E-state index in [9.17, 15) is 4.79 Å². The predicted molar refractivity (Wildman–Crippen MR) is 55.0 cm³/mol. The lowest BCUT2D eigenvalue weighted by Gasteiger charge is -2.05. The van der Waals surface area contributed by atoms with E-state index < -0.39 is 12.0 Å². The van der Waals surface area contributed by atoms with Crippen molar-refractivity contribution in [2.75, 3.05) is 13.1 Å². The third-order valence-corrected chi connectivity index (χ3v) is 1.60. The number of guanidine groups is 1. The molecule has 0 spiro atoms. The maximum atomic E-state index is 10.3. The van der Waals surface area contributed by atoms with Crippen molar-refractivity contribution in [1.29, 1.82) is 0 Å². The Kier molecular flexibility index (Phi) is 6.47. The van der Waals surface area contributed by atoms with Crippen molar-refractivity contribution in [1.82, 2.24) is 5.32 Å². The molecule has 82 valence electrons. The first-order valence-electron chi connectivity index (χ1n) is 4.60. The van der Waals surface area contributed by atoms with Crippen molar-refractivity contribution >= 4 is 11.9 Å². The van der Waals surface area contributed by atoms with Crippen molar-refractivity contribution in [3.63, 3.8) is 0 Å². The number of nitrogens with zero attached hydrogens (tertiary/aromatic N) is 1. The number of nitrogens with two attached hydrogens (primary N) is 2. The lowest BCUT2D eigenvalue weighted by atomic mass is 10.2. The van der Waals surface area contributed by atoms with Crippen LogP contribution >= 0.6 is 0 Å². The van der Waals surface area contributed by atoms with Gasteiger partial charge in [0, 0.05) is 13.1 Å². The molecule has 6 nitrogen and oxygen atoms in total. The molecule has 0 aliphatic carbocycles. The van der Waals surface area contributed by atoms with Crippen molar-refractivity contribution in [2.24, 2.45) is 16.5 Å². The standard InChI is InChI=1S/C8H18N4O2/c1-2-4-11-8(10)12-5-3-6(9)7(13)14/h6H,2-5,9H2,1H3,(H,13,14)(H3,10,11,12)/t6-/m0/s1. The number of rotatable bonds is 6. The zero-order valence-corrected chi connectivity index (χ0v) is 8.36. The number of hydrogen-bond acceptors (Lipinski definition) is 3. The summed E-state index contributed by atoms with van der Waals surface area (Å²) in [5.41, 5.74) is 10.7. The van der Waals surface area contributed by atoms with Crippen LogP contribution in [0.1, 0.15) is 19.8 Å². The molecule has 0 aliphatic rings. The van der Waals surface area contributed by atoms with Gasteiger partial charge in [-0.15, -0.1) is 0 Å². The van der Waals surface area contributed by atoms with Crippen molar-refractivity contribution in [3.8, 4) is 0 Å². The first-order chi connectivity index (χ1) is 6.57. The van der Waals surface area contributed by atoms with Gasteiger partial charge in [0.05, 0.1) is 0 Å². The molecule has 1 atom stereocenters. The molecular formula is C8H18N4O2. The number of aliphatic carboxylic acids is 1. The zero-order chi connectivity index (χ0) is 11.0. The van der Waals surface area contributed by atoms with Crippen molar-refractivity contribution in [2.45, 2.75) is 25.8 Å². The fourth-order valence-electron chi connectivity index (χ4n) is 0.757. The van der Waals surface area contributed by atoms with Gasteiger partial charge in [-0.25, -0.2) is 0 Å². The molecule has 14 heavy (non-hydrogen) atoms. The third-order valence-electron chi connectivity index (χ3n) is 1.60. The van der Waals surface area contributed by atoms with Crippen molar-refractivity contribution in [3.05, 3.63) is 0 Å². The number of hydrogen-bond donors (Lipinski definition) is 4. The summed E-state index contributed by atoms with van der Waals surface area (Å²) >= 11 is 0. The molecule has 0 bridgehead atoms. The minimum Gasteiger partial charge on any atom is -0.480 e. The van der Waals surface area contributed by atoms with Crippen LogP contribution in [0.4, 0.5) is 0 Å². The summed E-state index contributed by atoms with van der Waals surface area (Å²) in [6, 6.07) is -0.863. The molecule has 0 aromatic rings. The first-order valence-corrected chi connectivity index (χ1v) is 4.60. The third kappa shape index (κ3) is 6.24. The van der Waals surface area contributed by atoms with Gasteiger partial charge in [0.15, 0.2) is 5.96 Å². The van der Waals surface area contributed by atoms with Crippen LogP contribution in [0.25, 0.3) is 0 Å². The summed E-state index contributed by atoms with van der Waals surface area (Å²) in [7, 11) is 0. The lowest BCUT2D eigenvalue weighted by molar-refractivity contribution is -0.138. The second-order valence-electron chi connectivity index (χ2n) is 2.93. The van der Waals surface area contributed by atoms with Crippen LogP contribution in [-0.2, 0) is 4.79 Å². The van der Waals surface area contributed by atoms with Crippen LogP contribution in [0.2, 0.25) is 0 Å². The van der Waals surface area contributed by atoms with Gasteiger partial charge in [-0.2, -0.15) is 0 Å². The molecule has 0 saturated heterocycles. The fourth-order valence-corrected chi connectivity index (χ4v) is 0.757. The van der Waals surface area contributed by atoms with Crippen molar-refractivity contribution < 1.29 is 9.90 Å². The molecule has 0 unspecified atom stereocenters. The Morgan fingerprint density at radius 3 is 2.79 bits per heavy atom. The summed E-state index contributed by atoms with van der Waals surface area (Å²) in [4.78, 5) is 14.3. The Balaban J connectivity index is 3.64. The molecule has 0 fully saturated rings. The van der Waals surface area contributed by atoms with E-state index in [0.717, 1.165) is 13.0 Å². The van der Waals surface area contributed by atoms with E-state index >= 15 is 0 Å². The van der Waals surface area contributed by atoms with Gasteiger partial charge >= 0.3 is 5.97 Å². The number of carbonyl (C=O) groups is 1. The van der Waals surface area contributed by atoms with Gasteiger partial charge in [0.2, 0.25) is 0 Å². The summed E-state index contributed by atoms with van der Waals surface area (Å²) in [6.07, 6.45) is 1.26. The fraction of sp³-hybridized carbons (Fsp3) is 0.750. The minimum absolute atomic E-state index is 0.295. The summed E-state index contributed by atoms with van der Waals surface area (Å²) in [5.74, 6) is -0.676. The van der Waals surface area contributed by atoms with E-state index in [1.807, 2.05) is 6.92 Å². The lowest BCUT2D eigenvalue weighted by Crippen LogP contribution is -2.34. The Labute approximate surface area is 83.4 Å². The normalized spacial score (nSPS) is 13.7. The van der Waals surface area contributed by atoms with E-state index in [1.54, 1.807) is 0 Å². The van der Waals surface area contributed by atoms with Crippen LogP contribution in [0.3, 0.4) is 0 Å². The Hall–Kier alpha value is -1.30. The SMILES string of the molecule is CCCNC(N)=NCC[C@H](N)C(=O)O. The number of carboxylic acid groups (broad SMARTS) is 1. The molecule has 0 radical (unpaired) electrons. The maximum absolute atomic E-state index is 10.3. The van der Waals surface area contributed by atoms with Gasteiger partial charge in [0.25, 0.3) is 0 Å². The minimum atomic E-state index is -1.01. The molecule has 0 rings (SSSR count). The maximum Gasteiger partial charge on any atom is 0.320 e. The molecule has 0 aromatic carbocycles. The summed E-state index contributed by atoms with van der Waals surface area (Å²) in [6.45, 7) is 3.11. The Bertz CT molecular complexity index is 206. The molecule has 0 saturated carbocycles. The molecule has 6 heteroatoms. The number of carboxylic acids is 1. The van der Waals surface area contributed by atoms with Crippen LogP contribution in [0.15, 0.2) is 4.99 Å². The van der Waals surface area contributed by atoms with Gasteiger partial charge in [-0.3, -0.25) is 9.79 Å².